The van der Waals surface area contributed by atoms with Gasteiger partial charge in [0.1, 0.15) is 0 Å². The summed E-state index contributed by atoms with van der Waals surface area (Å²) < 4.78 is 91.3. The van der Waals surface area contributed by atoms with Gasteiger partial charge in [-0.25, -0.2) is 4.39 Å². The summed E-state index contributed by atoms with van der Waals surface area (Å²) in [5.74, 6) is -3.98. The molecular formula is C10H16F7NO. The number of rotatable bonds is 2. The Morgan fingerprint density at radius 1 is 0.895 bits per heavy atom. The largest absolute Gasteiger partial charge is 0.404 e. The fraction of sp³-hybridized carbons (Fsp3) is 1.00. The number of alkyl halides is 7. The molecule has 0 bridgehead atoms. The maximum atomic E-state index is 13.4. The molecule has 116 valence electrons. The third kappa shape index (κ3) is 5.52. The lowest BCUT2D eigenvalue weighted by Gasteiger charge is -2.35. The predicted octanol–water partition coefficient (Wildman–Crippen LogP) is 3.38. The number of ether oxygens (including phenoxy) is 1. The van der Waals surface area contributed by atoms with Crippen LogP contribution in [0.5, 0.6) is 0 Å². The van der Waals surface area contributed by atoms with Gasteiger partial charge >= 0.3 is 12.4 Å². The van der Waals surface area contributed by atoms with Crippen LogP contribution in [0, 0.1) is 5.92 Å². The molecule has 1 unspecified atom stereocenters. The van der Waals surface area contributed by atoms with Crippen molar-refractivity contribution >= 4 is 0 Å². The van der Waals surface area contributed by atoms with Crippen LogP contribution in [-0.2, 0) is 4.74 Å². The zero-order valence-electron chi connectivity index (χ0n) is 10.5. The summed E-state index contributed by atoms with van der Waals surface area (Å²) in [6, 6.07) is 0. The van der Waals surface area contributed by atoms with Crippen molar-refractivity contribution in [3.05, 3.63) is 0 Å². The molecule has 0 aromatic carbocycles. The summed E-state index contributed by atoms with van der Waals surface area (Å²) >= 11 is 0. The van der Waals surface area contributed by atoms with E-state index in [9.17, 15) is 30.7 Å². The topological polar surface area (TPSA) is 12.5 Å². The molecule has 0 saturated carbocycles. The first-order valence-corrected chi connectivity index (χ1v) is 5.73. The number of halogens is 7. The van der Waals surface area contributed by atoms with Crippen LogP contribution >= 0.6 is 0 Å². The summed E-state index contributed by atoms with van der Waals surface area (Å²) in [7, 11) is 0. The molecule has 1 rings (SSSR count). The predicted molar refractivity (Wildman–Crippen MR) is 54.2 cm³/mol. The average Bonchev–Trinajstić information content (AvgIpc) is 2.29. The number of nitrogens with zero attached hydrogens (tertiary/aromatic N) is 1. The van der Waals surface area contributed by atoms with Gasteiger partial charge < -0.3 is 4.74 Å². The Morgan fingerprint density at radius 3 is 1.58 bits per heavy atom. The lowest BCUT2D eigenvalue weighted by atomic mass is 10.1. The van der Waals surface area contributed by atoms with E-state index in [0.717, 1.165) is 0 Å². The quantitative estimate of drug-likeness (QED) is 0.572. The molecule has 0 aromatic rings. The Kier molecular flexibility index (Phi) is 7.06. The highest BCUT2D eigenvalue weighted by atomic mass is 19.4. The second kappa shape index (κ2) is 7.28. The minimum atomic E-state index is -5.66. The molecule has 0 aliphatic carbocycles. The van der Waals surface area contributed by atoms with E-state index < -0.39 is 24.6 Å². The molecular weight excluding hydrogens is 283 g/mol. The number of morpholine rings is 1. The molecule has 9 heteroatoms. The molecule has 1 atom stereocenters. The summed E-state index contributed by atoms with van der Waals surface area (Å²) in [6.45, 7) is 3.26. The summed E-state index contributed by atoms with van der Waals surface area (Å²) in [6.07, 6.45) is -14.4. The van der Waals surface area contributed by atoms with Crippen molar-refractivity contribution in [3.8, 4) is 0 Å². The van der Waals surface area contributed by atoms with Crippen LogP contribution in [0.15, 0.2) is 0 Å². The fourth-order valence-corrected chi connectivity index (χ4v) is 1.53. The highest BCUT2D eigenvalue weighted by molar-refractivity contribution is 4.83. The molecule has 19 heavy (non-hydrogen) atoms. The van der Waals surface area contributed by atoms with E-state index in [1.54, 1.807) is 0 Å². The molecule has 0 amide bonds. The molecule has 0 aromatic heterocycles. The second-order valence-electron chi connectivity index (χ2n) is 3.58. The molecule has 0 spiro atoms. The Morgan fingerprint density at radius 2 is 1.26 bits per heavy atom. The Bertz CT molecular complexity index is 233. The van der Waals surface area contributed by atoms with Crippen molar-refractivity contribution < 1.29 is 35.5 Å². The van der Waals surface area contributed by atoms with Gasteiger partial charge in [0, 0.05) is 13.1 Å². The van der Waals surface area contributed by atoms with E-state index in [1.165, 1.54) is 0 Å². The normalized spacial score (nSPS) is 19.9. The van der Waals surface area contributed by atoms with E-state index in [1.807, 2.05) is 13.8 Å². The summed E-state index contributed by atoms with van der Waals surface area (Å²) in [4.78, 5) is 0.495. The molecule has 1 aliphatic heterocycles. The van der Waals surface area contributed by atoms with Gasteiger partial charge in [-0.2, -0.15) is 26.3 Å². The van der Waals surface area contributed by atoms with Crippen molar-refractivity contribution in [3.63, 3.8) is 0 Å². The number of hydrogen-bond donors (Lipinski definition) is 0. The highest BCUT2D eigenvalue weighted by Gasteiger charge is 2.62. The number of hydrogen-bond acceptors (Lipinski definition) is 2. The first kappa shape index (κ1) is 18.4. The monoisotopic (exact) mass is 299 g/mol. The van der Waals surface area contributed by atoms with Crippen LogP contribution in [0.3, 0.4) is 0 Å². The smallest absolute Gasteiger partial charge is 0.379 e. The van der Waals surface area contributed by atoms with Crippen LogP contribution in [0.4, 0.5) is 30.7 Å². The summed E-state index contributed by atoms with van der Waals surface area (Å²) in [5.41, 5.74) is 0. The Labute approximate surface area is 106 Å². The fourth-order valence-electron chi connectivity index (χ4n) is 1.53. The zero-order valence-corrected chi connectivity index (χ0v) is 10.5. The third-order valence-electron chi connectivity index (χ3n) is 2.37. The van der Waals surface area contributed by atoms with Crippen molar-refractivity contribution in [2.24, 2.45) is 5.92 Å². The van der Waals surface area contributed by atoms with Crippen molar-refractivity contribution in [1.82, 2.24) is 4.90 Å². The standard InChI is InChI=1S/C8H10F7NO.C2H6/c9-6(16-1-3-17-4-2-16)5(7(10,11)12)8(13,14)15;1-2/h5-6H,1-4H2;1-2H3. The van der Waals surface area contributed by atoms with Crippen LogP contribution in [0.1, 0.15) is 13.8 Å². The van der Waals surface area contributed by atoms with Crippen molar-refractivity contribution in [2.45, 2.75) is 32.5 Å². The lowest BCUT2D eigenvalue weighted by Crippen LogP contribution is -2.53. The van der Waals surface area contributed by atoms with E-state index in [2.05, 4.69) is 0 Å². The van der Waals surface area contributed by atoms with Gasteiger partial charge in [-0.1, -0.05) is 13.8 Å². The van der Waals surface area contributed by atoms with E-state index in [4.69, 9.17) is 4.74 Å². The molecule has 0 radical (unpaired) electrons. The Hall–Kier alpha value is -0.570. The minimum absolute atomic E-state index is 0.0805. The molecule has 1 heterocycles. The zero-order chi connectivity index (χ0) is 15.3. The van der Waals surface area contributed by atoms with E-state index in [0.29, 0.717) is 4.90 Å². The van der Waals surface area contributed by atoms with E-state index >= 15 is 0 Å². The van der Waals surface area contributed by atoms with Crippen LogP contribution in [-0.4, -0.2) is 49.9 Å². The van der Waals surface area contributed by atoms with Crippen LogP contribution in [0.2, 0.25) is 0 Å². The van der Waals surface area contributed by atoms with Crippen molar-refractivity contribution in [1.29, 1.82) is 0 Å². The van der Waals surface area contributed by atoms with Crippen LogP contribution in [0.25, 0.3) is 0 Å². The first-order valence-electron chi connectivity index (χ1n) is 5.73. The van der Waals surface area contributed by atoms with Gasteiger partial charge in [-0.05, 0) is 0 Å². The maximum absolute atomic E-state index is 13.4. The SMILES string of the molecule is CC.FC(C(C(F)(F)F)C(F)(F)F)N1CCOCC1. The maximum Gasteiger partial charge on any atom is 0.404 e. The van der Waals surface area contributed by atoms with Gasteiger partial charge in [0.2, 0.25) is 0 Å². The Balaban J connectivity index is 0.00000154. The summed E-state index contributed by atoms with van der Waals surface area (Å²) in [5, 5.41) is 0. The van der Waals surface area contributed by atoms with E-state index in [-0.39, 0.29) is 26.3 Å². The van der Waals surface area contributed by atoms with Gasteiger partial charge in [0.15, 0.2) is 12.2 Å². The second-order valence-corrected chi connectivity index (χ2v) is 3.58. The minimum Gasteiger partial charge on any atom is -0.379 e. The molecule has 0 N–H and O–H groups in total. The molecule has 1 saturated heterocycles. The highest BCUT2D eigenvalue weighted by Crippen LogP contribution is 2.43. The van der Waals surface area contributed by atoms with Gasteiger partial charge in [-0.15, -0.1) is 0 Å². The average molecular weight is 299 g/mol. The first-order chi connectivity index (χ1) is 8.64. The lowest BCUT2D eigenvalue weighted by molar-refractivity contribution is -0.314. The van der Waals surface area contributed by atoms with Gasteiger partial charge in [0.25, 0.3) is 0 Å². The third-order valence-corrected chi connectivity index (χ3v) is 2.37. The molecule has 1 aliphatic rings. The molecule has 1 fully saturated rings. The van der Waals surface area contributed by atoms with Gasteiger partial charge in [-0.3, -0.25) is 4.90 Å². The van der Waals surface area contributed by atoms with Crippen LogP contribution < -0.4 is 0 Å². The molecule has 2 nitrogen and oxygen atoms in total. The van der Waals surface area contributed by atoms with Gasteiger partial charge in [0.05, 0.1) is 13.2 Å². The van der Waals surface area contributed by atoms with Crippen molar-refractivity contribution in [2.75, 3.05) is 26.3 Å².